The molecule has 2 aliphatic rings. The first-order chi connectivity index (χ1) is 9.47. The second kappa shape index (κ2) is 6.44. The predicted molar refractivity (Wildman–Crippen MR) is 80.6 cm³/mol. The van der Waals surface area contributed by atoms with Crippen molar-refractivity contribution in [2.24, 2.45) is 5.41 Å². The lowest BCUT2D eigenvalue weighted by atomic mass is 9.78. The zero-order valence-electron chi connectivity index (χ0n) is 13.3. The summed E-state index contributed by atoms with van der Waals surface area (Å²) in [7, 11) is 1.70. The van der Waals surface area contributed by atoms with Crippen LogP contribution in [0.4, 0.5) is 0 Å². The van der Waals surface area contributed by atoms with Gasteiger partial charge in [0.2, 0.25) is 5.91 Å². The first kappa shape index (κ1) is 15.8. The van der Waals surface area contributed by atoms with Gasteiger partial charge in [0.15, 0.2) is 0 Å². The van der Waals surface area contributed by atoms with Crippen LogP contribution < -0.4 is 10.6 Å². The molecule has 1 aliphatic carbocycles. The van der Waals surface area contributed by atoms with E-state index in [0.29, 0.717) is 6.04 Å². The summed E-state index contributed by atoms with van der Waals surface area (Å²) in [5.74, 6) is 0.101. The fourth-order valence-corrected chi connectivity index (χ4v) is 3.56. The minimum Gasteiger partial charge on any atom is -0.375 e. The van der Waals surface area contributed by atoms with E-state index in [1.807, 2.05) is 13.8 Å². The summed E-state index contributed by atoms with van der Waals surface area (Å²) in [6.45, 7) is 5.58. The molecular weight excluding hydrogens is 252 g/mol. The van der Waals surface area contributed by atoms with E-state index in [0.717, 1.165) is 26.0 Å². The van der Waals surface area contributed by atoms with E-state index in [4.69, 9.17) is 4.74 Å². The first-order valence-corrected chi connectivity index (χ1v) is 8.07. The van der Waals surface area contributed by atoms with E-state index in [1.54, 1.807) is 7.05 Å². The summed E-state index contributed by atoms with van der Waals surface area (Å²) in [5, 5.41) is 6.35. The second-order valence-electron chi connectivity index (χ2n) is 7.13. The van der Waals surface area contributed by atoms with Crippen molar-refractivity contribution in [3.8, 4) is 0 Å². The van der Waals surface area contributed by atoms with E-state index in [9.17, 15) is 4.79 Å². The molecule has 4 heteroatoms. The summed E-state index contributed by atoms with van der Waals surface area (Å²) < 4.78 is 6.12. The van der Waals surface area contributed by atoms with Crippen molar-refractivity contribution in [1.82, 2.24) is 10.6 Å². The minimum absolute atomic E-state index is 0.101. The Morgan fingerprint density at radius 2 is 2.00 bits per heavy atom. The van der Waals surface area contributed by atoms with Gasteiger partial charge in [-0.2, -0.15) is 0 Å². The van der Waals surface area contributed by atoms with Crippen LogP contribution >= 0.6 is 0 Å². The number of amides is 1. The van der Waals surface area contributed by atoms with Crippen LogP contribution in [0, 0.1) is 5.41 Å². The molecule has 1 unspecified atom stereocenters. The van der Waals surface area contributed by atoms with Crippen molar-refractivity contribution in [2.45, 2.75) is 70.4 Å². The quantitative estimate of drug-likeness (QED) is 0.831. The van der Waals surface area contributed by atoms with Crippen LogP contribution in [0.2, 0.25) is 0 Å². The van der Waals surface area contributed by atoms with E-state index >= 15 is 0 Å². The molecule has 1 heterocycles. The Bertz CT molecular complexity index is 330. The molecule has 1 saturated heterocycles. The second-order valence-corrected chi connectivity index (χ2v) is 7.13. The number of hydrogen-bond acceptors (Lipinski definition) is 3. The molecule has 1 atom stereocenters. The van der Waals surface area contributed by atoms with Crippen molar-refractivity contribution in [3.63, 3.8) is 0 Å². The highest BCUT2D eigenvalue weighted by Gasteiger charge is 2.39. The van der Waals surface area contributed by atoms with Crippen molar-refractivity contribution >= 4 is 5.91 Å². The van der Waals surface area contributed by atoms with Crippen molar-refractivity contribution in [2.75, 3.05) is 20.2 Å². The smallest absolute Gasteiger partial charge is 0.226 e. The van der Waals surface area contributed by atoms with Crippen LogP contribution in [0.3, 0.4) is 0 Å². The lowest BCUT2D eigenvalue weighted by molar-refractivity contribution is -0.129. The molecule has 0 aromatic carbocycles. The summed E-state index contributed by atoms with van der Waals surface area (Å²) >= 11 is 0. The lowest BCUT2D eigenvalue weighted by Crippen LogP contribution is -2.51. The van der Waals surface area contributed by atoms with E-state index in [2.05, 4.69) is 10.6 Å². The van der Waals surface area contributed by atoms with Gasteiger partial charge in [-0.05, 0) is 39.5 Å². The number of carbonyl (C=O) groups is 1. The predicted octanol–water partition coefficient (Wildman–Crippen LogP) is 2.23. The molecule has 116 valence electrons. The molecule has 2 rings (SSSR count). The van der Waals surface area contributed by atoms with E-state index in [1.165, 1.54) is 32.1 Å². The van der Waals surface area contributed by atoms with Crippen LogP contribution in [0.1, 0.15) is 58.8 Å². The summed E-state index contributed by atoms with van der Waals surface area (Å²) in [6, 6.07) is 0.491. The van der Waals surface area contributed by atoms with Gasteiger partial charge in [0.05, 0.1) is 11.0 Å². The highest BCUT2D eigenvalue weighted by Crippen LogP contribution is 2.38. The van der Waals surface area contributed by atoms with Crippen molar-refractivity contribution < 1.29 is 9.53 Å². The fourth-order valence-electron chi connectivity index (χ4n) is 3.56. The number of nitrogens with one attached hydrogen (secondary N) is 2. The maximum Gasteiger partial charge on any atom is 0.226 e. The third-order valence-corrected chi connectivity index (χ3v) is 4.93. The van der Waals surface area contributed by atoms with Gasteiger partial charge in [-0.1, -0.05) is 19.3 Å². The maximum absolute atomic E-state index is 11.8. The molecule has 0 bridgehead atoms. The number of hydrogen-bond donors (Lipinski definition) is 2. The zero-order chi connectivity index (χ0) is 14.6. The van der Waals surface area contributed by atoms with Gasteiger partial charge in [0, 0.05) is 26.2 Å². The summed E-state index contributed by atoms with van der Waals surface area (Å²) in [6.07, 6.45) is 8.55. The van der Waals surface area contributed by atoms with Crippen LogP contribution in [0.15, 0.2) is 0 Å². The molecule has 1 spiro atoms. The van der Waals surface area contributed by atoms with Gasteiger partial charge in [0.1, 0.15) is 0 Å². The van der Waals surface area contributed by atoms with E-state index < -0.39 is 0 Å². The molecule has 0 aromatic rings. The first-order valence-electron chi connectivity index (χ1n) is 8.07. The topological polar surface area (TPSA) is 50.4 Å². The van der Waals surface area contributed by atoms with Crippen LogP contribution in [0.25, 0.3) is 0 Å². The van der Waals surface area contributed by atoms with Gasteiger partial charge in [-0.25, -0.2) is 0 Å². The van der Waals surface area contributed by atoms with Gasteiger partial charge < -0.3 is 15.4 Å². The average Bonchev–Trinajstić information content (AvgIpc) is 2.45. The number of rotatable bonds is 4. The molecule has 4 nitrogen and oxygen atoms in total. The third kappa shape index (κ3) is 3.73. The monoisotopic (exact) mass is 282 g/mol. The summed E-state index contributed by atoms with van der Waals surface area (Å²) in [4.78, 5) is 11.8. The van der Waals surface area contributed by atoms with E-state index in [-0.39, 0.29) is 16.9 Å². The Balaban J connectivity index is 1.85. The molecule has 1 amide bonds. The van der Waals surface area contributed by atoms with Crippen LogP contribution in [-0.2, 0) is 9.53 Å². The SMILES string of the molecule is CNC(=O)C(C)(C)CNC1CCOC2(CCCCC2)C1. The third-order valence-electron chi connectivity index (χ3n) is 4.93. The van der Waals surface area contributed by atoms with Crippen molar-refractivity contribution in [3.05, 3.63) is 0 Å². The van der Waals surface area contributed by atoms with Gasteiger partial charge in [0.25, 0.3) is 0 Å². The van der Waals surface area contributed by atoms with Crippen molar-refractivity contribution in [1.29, 1.82) is 0 Å². The Morgan fingerprint density at radius 1 is 1.30 bits per heavy atom. The molecule has 1 aliphatic heterocycles. The number of carbonyl (C=O) groups excluding carboxylic acids is 1. The molecule has 2 N–H and O–H groups in total. The molecule has 20 heavy (non-hydrogen) atoms. The molecular formula is C16H30N2O2. The Labute approximate surface area is 123 Å². The maximum atomic E-state index is 11.8. The number of ether oxygens (including phenoxy) is 1. The average molecular weight is 282 g/mol. The molecule has 0 aromatic heterocycles. The largest absolute Gasteiger partial charge is 0.375 e. The standard InChI is InChI=1S/C16H30N2O2/c1-15(2,14(19)17-3)12-18-13-7-10-20-16(11-13)8-5-4-6-9-16/h13,18H,4-12H2,1-3H3,(H,17,19). The van der Waals surface area contributed by atoms with Crippen LogP contribution in [0.5, 0.6) is 0 Å². The van der Waals surface area contributed by atoms with Gasteiger partial charge in [-0.15, -0.1) is 0 Å². The fraction of sp³-hybridized carbons (Fsp3) is 0.938. The molecule has 1 saturated carbocycles. The van der Waals surface area contributed by atoms with Gasteiger partial charge >= 0.3 is 0 Å². The molecule has 0 radical (unpaired) electrons. The normalized spacial score (nSPS) is 26.4. The molecule has 2 fully saturated rings. The van der Waals surface area contributed by atoms with Crippen LogP contribution in [-0.4, -0.2) is 37.7 Å². The highest BCUT2D eigenvalue weighted by molar-refractivity contribution is 5.81. The Kier molecular flexibility index (Phi) is 5.08. The summed E-state index contributed by atoms with van der Waals surface area (Å²) in [5.41, 5.74) is -0.224. The zero-order valence-corrected chi connectivity index (χ0v) is 13.3. The Hall–Kier alpha value is -0.610. The highest BCUT2D eigenvalue weighted by atomic mass is 16.5. The Morgan fingerprint density at radius 3 is 2.65 bits per heavy atom. The minimum atomic E-state index is -0.354. The van der Waals surface area contributed by atoms with Gasteiger partial charge in [-0.3, -0.25) is 4.79 Å². The lowest BCUT2D eigenvalue weighted by Gasteiger charge is -2.44.